The Morgan fingerprint density at radius 3 is 2.76 bits per heavy atom. The number of carbonyl (C=O) groups excluding carboxylic acids is 1. The Hall–Kier alpha value is -3.98. The van der Waals surface area contributed by atoms with E-state index in [1.54, 1.807) is 12.4 Å². The second kappa shape index (κ2) is 10.2. The average molecular weight is 500 g/mol. The number of benzene rings is 1. The van der Waals surface area contributed by atoms with Gasteiger partial charge in [-0.25, -0.2) is 4.98 Å². The molecule has 4 aromatic rings. The van der Waals surface area contributed by atoms with Crippen LogP contribution in [0.25, 0.3) is 16.8 Å². The Morgan fingerprint density at radius 1 is 1.14 bits per heavy atom. The van der Waals surface area contributed by atoms with Crippen molar-refractivity contribution in [1.82, 2.24) is 24.9 Å². The van der Waals surface area contributed by atoms with E-state index in [1.165, 1.54) is 0 Å². The number of aromatic nitrogens is 4. The van der Waals surface area contributed by atoms with E-state index >= 15 is 0 Å². The van der Waals surface area contributed by atoms with Crippen LogP contribution in [0.15, 0.2) is 55.0 Å². The number of carbonyl (C=O) groups is 1. The molecule has 37 heavy (non-hydrogen) atoms. The van der Waals surface area contributed by atoms with Crippen molar-refractivity contribution < 1.29 is 11.0 Å². The van der Waals surface area contributed by atoms with E-state index in [1.807, 2.05) is 54.0 Å². The van der Waals surface area contributed by atoms with Gasteiger partial charge in [-0.15, -0.1) is 0 Å². The van der Waals surface area contributed by atoms with Gasteiger partial charge in [-0.1, -0.05) is 12.1 Å². The summed E-state index contributed by atoms with van der Waals surface area (Å²) in [4.78, 5) is 21.7. The van der Waals surface area contributed by atoms with Crippen LogP contribution in [0.5, 0.6) is 0 Å². The summed E-state index contributed by atoms with van der Waals surface area (Å²) in [6.07, 6.45) is 9.59. The molecule has 3 N–H and O–H groups in total. The molecule has 9 nitrogen and oxygen atoms in total. The van der Waals surface area contributed by atoms with Gasteiger partial charge in [0.1, 0.15) is 11.6 Å². The third-order valence-electron chi connectivity index (χ3n) is 7.01. The highest BCUT2D eigenvalue weighted by Gasteiger charge is 2.24. The number of hydrogen-bond donors (Lipinski definition) is 3. The summed E-state index contributed by atoms with van der Waals surface area (Å²) in [5, 5.41) is 14.7. The fourth-order valence-corrected chi connectivity index (χ4v) is 4.72. The molecule has 1 saturated heterocycles. The number of ether oxygens (including phenoxy) is 1. The van der Waals surface area contributed by atoms with Gasteiger partial charge in [0.25, 0.3) is 5.91 Å². The first-order chi connectivity index (χ1) is 18.1. The maximum Gasteiger partial charge on any atom is 0.251 e. The molecule has 1 aromatic carbocycles. The number of anilines is 3. The van der Waals surface area contributed by atoms with Crippen LogP contribution in [0.3, 0.4) is 0 Å². The number of nitrogens with one attached hydrogen (secondary N) is 3. The minimum absolute atomic E-state index is 0. The number of aryl methyl sites for hydroxylation is 1. The molecule has 2 fully saturated rings. The Balaban J connectivity index is 0.00000294. The quantitative estimate of drug-likeness (QED) is 0.319. The molecular weight excluding hydrogens is 466 g/mol. The second-order valence-corrected chi connectivity index (χ2v) is 9.90. The summed E-state index contributed by atoms with van der Waals surface area (Å²) in [5.74, 6) is 2.12. The maximum absolute atomic E-state index is 12.6. The molecule has 9 heteroatoms. The molecule has 0 bridgehead atoms. The molecule has 0 spiro atoms. The molecule has 4 heterocycles. The molecule has 0 unspecified atom stereocenters. The van der Waals surface area contributed by atoms with Crippen LogP contribution >= 0.6 is 0 Å². The normalized spacial score (nSPS) is 16.0. The van der Waals surface area contributed by atoms with Crippen molar-refractivity contribution in [1.29, 1.82) is 0 Å². The molecule has 1 aliphatic carbocycles. The van der Waals surface area contributed by atoms with Gasteiger partial charge in [0, 0.05) is 50.6 Å². The molecule has 6 rings (SSSR count). The lowest BCUT2D eigenvalue weighted by Crippen LogP contribution is -2.26. The third-order valence-corrected chi connectivity index (χ3v) is 7.01. The van der Waals surface area contributed by atoms with Crippen LogP contribution in [0.2, 0.25) is 0 Å². The first-order valence-electron chi connectivity index (χ1n) is 12.9. The van der Waals surface area contributed by atoms with Crippen molar-refractivity contribution in [3.8, 4) is 11.1 Å². The zero-order valence-electron chi connectivity index (χ0n) is 20.9. The lowest BCUT2D eigenvalue weighted by atomic mass is 10.0. The van der Waals surface area contributed by atoms with Gasteiger partial charge in [-0.05, 0) is 67.9 Å². The van der Waals surface area contributed by atoms with E-state index in [9.17, 15) is 4.79 Å². The van der Waals surface area contributed by atoms with Gasteiger partial charge in [-0.2, -0.15) is 9.61 Å². The summed E-state index contributed by atoms with van der Waals surface area (Å²) >= 11 is 0. The molecule has 1 amide bonds. The average Bonchev–Trinajstić information content (AvgIpc) is 3.63. The number of fused-ring (bicyclic) bond motifs is 1. The molecular formula is C28H33N7O2. The molecule has 3 aromatic heterocycles. The van der Waals surface area contributed by atoms with Crippen molar-refractivity contribution in [2.75, 3.05) is 30.4 Å². The molecule has 192 valence electrons. The largest absolute Gasteiger partial charge is 0.381 e. The van der Waals surface area contributed by atoms with Crippen LogP contribution in [0.4, 0.5) is 17.3 Å². The minimum Gasteiger partial charge on any atom is -0.381 e. The van der Waals surface area contributed by atoms with Crippen LogP contribution in [-0.4, -0.2) is 51.3 Å². The number of pyridine rings is 1. The van der Waals surface area contributed by atoms with E-state index in [0.29, 0.717) is 23.3 Å². The molecule has 1 aliphatic heterocycles. The lowest BCUT2D eigenvalue weighted by Gasteiger charge is -2.23. The predicted molar refractivity (Wildman–Crippen MR) is 145 cm³/mol. The summed E-state index contributed by atoms with van der Waals surface area (Å²) < 4.78 is 7.37. The monoisotopic (exact) mass is 499 g/mol. The number of rotatable bonds is 8. The number of hydrogen-bond acceptors (Lipinski definition) is 7. The van der Waals surface area contributed by atoms with Gasteiger partial charge in [-0.3, -0.25) is 9.78 Å². The maximum atomic E-state index is 12.6. The standard InChI is InChI=1S/C28H31N7O2.H2/c1-18-13-20(4-7-23(18)28(36)33-21-5-6-21)24-17-31-35-26(30-15-19-8-11-37-12-9-19)14-25(34-27(24)35)32-22-3-2-10-29-16-22;/h2-4,7,10,13-14,16-17,19,21,30H,5-6,8-9,11-12,15H2,1H3,(H,32,34)(H,33,36);1H. The van der Waals surface area contributed by atoms with Crippen molar-refractivity contribution in [3.63, 3.8) is 0 Å². The van der Waals surface area contributed by atoms with E-state index in [-0.39, 0.29) is 7.33 Å². The van der Waals surface area contributed by atoms with Gasteiger partial charge in [0.05, 0.1) is 18.1 Å². The SMILES string of the molecule is Cc1cc(-c2cnn3c(NCC4CCOCC4)cc(Nc4cccnc4)nc23)ccc1C(=O)NC1CC1.[HH]. The van der Waals surface area contributed by atoms with Gasteiger partial charge >= 0.3 is 0 Å². The van der Waals surface area contributed by atoms with Gasteiger partial charge in [0.15, 0.2) is 5.65 Å². The second-order valence-electron chi connectivity index (χ2n) is 9.90. The number of amides is 1. The van der Waals surface area contributed by atoms with Crippen molar-refractivity contribution in [2.45, 2.75) is 38.6 Å². The molecule has 0 radical (unpaired) electrons. The van der Waals surface area contributed by atoms with Crippen LogP contribution in [0.1, 0.15) is 43.0 Å². The summed E-state index contributed by atoms with van der Waals surface area (Å²) in [5.41, 5.74) is 5.10. The summed E-state index contributed by atoms with van der Waals surface area (Å²) in [6, 6.07) is 12.1. The number of nitrogens with zero attached hydrogens (tertiary/aromatic N) is 4. The zero-order chi connectivity index (χ0) is 25.2. The lowest BCUT2D eigenvalue weighted by molar-refractivity contribution is 0.0699. The van der Waals surface area contributed by atoms with Gasteiger partial charge < -0.3 is 20.7 Å². The first kappa shape index (κ1) is 23.4. The van der Waals surface area contributed by atoms with E-state index in [0.717, 1.165) is 79.3 Å². The molecule has 1 saturated carbocycles. The highest BCUT2D eigenvalue weighted by Crippen LogP contribution is 2.30. The highest BCUT2D eigenvalue weighted by molar-refractivity contribution is 5.97. The zero-order valence-corrected chi connectivity index (χ0v) is 20.9. The molecule has 2 aliphatic rings. The fraction of sp³-hybridized carbons (Fsp3) is 0.357. The Morgan fingerprint density at radius 2 is 2.00 bits per heavy atom. The Bertz CT molecular complexity index is 1420. The highest BCUT2D eigenvalue weighted by atomic mass is 16.5. The third kappa shape index (κ3) is 5.27. The van der Waals surface area contributed by atoms with E-state index in [4.69, 9.17) is 9.72 Å². The van der Waals surface area contributed by atoms with Crippen molar-refractivity contribution in [2.24, 2.45) is 5.92 Å². The summed E-state index contributed by atoms with van der Waals surface area (Å²) in [6.45, 7) is 4.44. The van der Waals surface area contributed by atoms with E-state index in [2.05, 4.69) is 26.0 Å². The minimum atomic E-state index is -0.00732. The summed E-state index contributed by atoms with van der Waals surface area (Å²) in [7, 11) is 0. The van der Waals surface area contributed by atoms with Crippen molar-refractivity contribution in [3.05, 3.63) is 66.1 Å². The Kier molecular flexibility index (Phi) is 6.44. The fourth-order valence-electron chi connectivity index (χ4n) is 4.72. The van der Waals surface area contributed by atoms with Crippen molar-refractivity contribution >= 4 is 28.9 Å². The van der Waals surface area contributed by atoms with E-state index < -0.39 is 0 Å². The Labute approximate surface area is 217 Å². The van der Waals surface area contributed by atoms with Crippen LogP contribution in [0, 0.1) is 12.8 Å². The van der Waals surface area contributed by atoms with Gasteiger partial charge in [0.2, 0.25) is 0 Å². The topological polar surface area (TPSA) is 105 Å². The predicted octanol–water partition coefficient (Wildman–Crippen LogP) is 4.82. The van der Waals surface area contributed by atoms with Crippen LogP contribution in [-0.2, 0) is 4.74 Å². The first-order valence-corrected chi connectivity index (χ1v) is 12.9. The smallest absolute Gasteiger partial charge is 0.251 e. The van der Waals surface area contributed by atoms with Crippen LogP contribution < -0.4 is 16.0 Å². The molecule has 0 atom stereocenters.